The van der Waals surface area contributed by atoms with E-state index in [4.69, 9.17) is 5.41 Å². The van der Waals surface area contributed by atoms with Crippen LogP contribution in [0.5, 0.6) is 0 Å². The van der Waals surface area contributed by atoms with Crippen molar-refractivity contribution in [1.29, 1.82) is 5.41 Å². The number of allylic oxidation sites excluding steroid dienone is 2. The lowest BCUT2D eigenvalue weighted by atomic mass is 9.96. The Bertz CT molecular complexity index is 324. The SMILES string of the molecule is CC(=N)/C=C\CCC(C)c1ccccc1. The van der Waals surface area contributed by atoms with Gasteiger partial charge in [0.05, 0.1) is 0 Å². The van der Waals surface area contributed by atoms with Crippen molar-refractivity contribution in [2.75, 3.05) is 0 Å². The Labute approximate surface area is 92.3 Å². The molecule has 1 heteroatoms. The summed E-state index contributed by atoms with van der Waals surface area (Å²) >= 11 is 0. The molecule has 0 bridgehead atoms. The molecule has 0 aliphatic carbocycles. The van der Waals surface area contributed by atoms with Crippen LogP contribution in [0.15, 0.2) is 42.5 Å². The minimum absolute atomic E-state index is 0.599. The molecule has 0 saturated carbocycles. The van der Waals surface area contributed by atoms with Crippen molar-refractivity contribution in [3.63, 3.8) is 0 Å². The maximum Gasteiger partial charge on any atom is 0.0279 e. The molecule has 15 heavy (non-hydrogen) atoms. The highest BCUT2D eigenvalue weighted by molar-refractivity contribution is 5.89. The molecule has 0 saturated heterocycles. The first-order valence-electron chi connectivity index (χ1n) is 5.47. The van der Waals surface area contributed by atoms with Gasteiger partial charge in [0, 0.05) is 5.71 Å². The van der Waals surface area contributed by atoms with Gasteiger partial charge in [-0.05, 0) is 37.3 Å². The predicted octanol–water partition coefficient (Wildman–Crippen LogP) is 4.17. The molecule has 1 rings (SSSR count). The third-order valence-corrected chi connectivity index (χ3v) is 2.50. The highest BCUT2D eigenvalue weighted by Crippen LogP contribution is 2.19. The topological polar surface area (TPSA) is 23.9 Å². The van der Waals surface area contributed by atoms with Crippen LogP contribution in [-0.2, 0) is 0 Å². The third kappa shape index (κ3) is 4.59. The molecule has 1 nitrogen and oxygen atoms in total. The number of benzene rings is 1. The lowest BCUT2D eigenvalue weighted by Crippen LogP contribution is -1.92. The van der Waals surface area contributed by atoms with Gasteiger partial charge < -0.3 is 5.41 Å². The van der Waals surface area contributed by atoms with E-state index in [9.17, 15) is 0 Å². The molecule has 0 aromatic heterocycles. The van der Waals surface area contributed by atoms with Gasteiger partial charge in [0.25, 0.3) is 0 Å². The van der Waals surface area contributed by atoms with E-state index >= 15 is 0 Å². The third-order valence-electron chi connectivity index (χ3n) is 2.50. The molecular formula is C14H19N. The molecule has 1 atom stereocenters. The van der Waals surface area contributed by atoms with E-state index < -0.39 is 0 Å². The Morgan fingerprint density at radius 1 is 1.33 bits per heavy atom. The Morgan fingerprint density at radius 2 is 2.00 bits per heavy atom. The summed E-state index contributed by atoms with van der Waals surface area (Å²) in [5.74, 6) is 0.599. The summed E-state index contributed by atoms with van der Waals surface area (Å²) in [7, 11) is 0. The molecule has 1 unspecified atom stereocenters. The van der Waals surface area contributed by atoms with Gasteiger partial charge in [-0.15, -0.1) is 0 Å². The van der Waals surface area contributed by atoms with Crippen molar-refractivity contribution < 1.29 is 0 Å². The van der Waals surface area contributed by atoms with E-state index in [-0.39, 0.29) is 0 Å². The van der Waals surface area contributed by atoms with Gasteiger partial charge in [0.1, 0.15) is 0 Å². The number of hydrogen-bond donors (Lipinski definition) is 1. The smallest absolute Gasteiger partial charge is 0.0279 e. The zero-order valence-electron chi connectivity index (χ0n) is 9.53. The number of rotatable bonds is 5. The van der Waals surface area contributed by atoms with Crippen LogP contribution in [0.2, 0.25) is 0 Å². The van der Waals surface area contributed by atoms with Crippen LogP contribution < -0.4 is 0 Å². The molecule has 0 amide bonds. The second kappa shape index (κ2) is 6.18. The van der Waals surface area contributed by atoms with Gasteiger partial charge in [-0.1, -0.05) is 43.3 Å². The van der Waals surface area contributed by atoms with Gasteiger partial charge in [0.15, 0.2) is 0 Å². The lowest BCUT2D eigenvalue weighted by molar-refractivity contribution is 0.691. The number of nitrogens with one attached hydrogen (secondary N) is 1. The van der Waals surface area contributed by atoms with Crippen LogP contribution in [0.25, 0.3) is 0 Å². The first kappa shape index (κ1) is 11.7. The minimum atomic E-state index is 0.599. The maximum atomic E-state index is 7.26. The van der Waals surface area contributed by atoms with E-state index in [0.717, 1.165) is 12.8 Å². The van der Waals surface area contributed by atoms with Crippen LogP contribution in [0.1, 0.15) is 38.2 Å². The summed E-state index contributed by atoms with van der Waals surface area (Å²) in [6.45, 7) is 4.05. The van der Waals surface area contributed by atoms with Crippen molar-refractivity contribution in [3.05, 3.63) is 48.0 Å². The van der Waals surface area contributed by atoms with Crippen LogP contribution in [-0.4, -0.2) is 5.71 Å². The van der Waals surface area contributed by atoms with Crippen molar-refractivity contribution in [3.8, 4) is 0 Å². The summed E-state index contributed by atoms with van der Waals surface area (Å²) in [4.78, 5) is 0. The molecule has 0 aliphatic rings. The van der Waals surface area contributed by atoms with Gasteiger partial charge in [-0.3, -0.25) is 0 Å². The zero-order valence-corrected chi connectivity index (χ0v) is 9.53. The van der Waals surface area contributed by atoms with Crippen molar-refractivity contribution in [2.45, 2.75) is 32.6 Å². The molecule has 0 radical (unpaired) electrons. The average molecular weight is 201 g/mol. The molecule has 0 aliphatic heterocycles. The standard InChI is InChI=1S/C14H19N/c1-12(8-6-7-9-13(2)15)14-10-4-3-5-11-14/h3-5,7,9-12,15H,6,8H2,1-2H3/b9-7-,15-13?. The molecule has 0 spiro atoms. The quantitative estimate of drug-likeness (QED) is 0.691. The number of hydrogen-bond acceptors (Lipinski definition) is 1. The molecule has 1 N–H and O–H groups in total. The summed E-state index contributed by atoms with van der Waals surface area (Å²) in [6.07, 6.45) is 6.15. The highest BCUT2D eigenvalue weighted by Gasteiger charge is 2.02. The van der Waals surface area contributed by atoms with Gasteiger partial charge in [-0.2, -0.15) is 0 Å². The summed E-state index contributed by atoms with van der Waals surface area (Å²) in [6, 6.07) is 10.6. The van der Waals surface area contributed by atoms with Crippen molar-refractivity contribution in [1.82, 2.24) is 0 Å². The fraction of sp³-hybridized carbons (Fsp3) is 0.357. The predicted molar refractivity (Wildman–Crippen MR) is 66.6 cm³/mol. The van der Waals surface area contributed by atoms with Crippen LogP contribution >= 0.6 is 0 Å². The van der Waals surface area contributed by atoms with Crippen LogP contribution in [0, 0.1) is 5.41 Å². The van der Waals surface area contributed by atoms with Crippen molar-refractivity contribution in [2.24, 2.45) is 0 Å². The fourth-order valence-corrected chi connectivity index (χ4v) is 1.55. The zero-order chi connectivity index (χ0) is 11.1. The molecule has 1 aromatic carbocycles. The molecule has 80 valence electrons. The largest absolute Gasteiger partial charge is 0.306 e. The molecular weight excluding hydrogens is 182 g/mol. The second-order valence-electron chi connectivity index (χ2n) is 3.97. The first-order valence-corrected chi connectivity index (χ1v) is 5.47. The normalized spacial score (nSPS) is 12.9. The van der Waals surface area contributed by atoms with Crippen LogP contribution in [0.4, 0.5) is 0 Å². The average Bonchev–Trinajstić information content (AvgIpc) is 2.25. The summed E-state index contributed by atoms with van der Waals surface area (Å²) in [5.41, 5.74) is 2.03. The first-order chi connectivity index (χ1) is 7.20. The lowest BCUT2D eigenvalue weighted by Gasteiger charge is -2.09. The maximum absolute atomic E-state index is 7.26. The van der Waals surface area contributed by atoms with Crippen molar-refractivity contribution >= 4 is 5.71 Å². The highest BCUT2D eigenvalue weighted by atomic mass is 14.4. The summed E-state index contributed by atoms with van der Waals surface area (Å²) in [5, 5.41) is 7.26. The Hall–Kier alpha value is -1.37. The fourth-order valence-electron chi connectivity index (χ4n) is 1.55. The summed E-state index contributed by atoms with van der Waals surface area (Å²) < 4.78 is 0. The van der Waals surface area contributed by atoms with E-state index in [1.807, 2.05) is 6.08 Å². The van der Waals surface area contributed by atoms with Gasteiger partial charge >= 0.3 is 0 Å². The van der Waals surface area contributed by atoms with E-state index in [1.54, 1.807) is 6.92 Å². The molecule has 0 fully saturated rings. The monoisotopic (exact) mass is 201 g/mol. The van der Waals surface area contributed by atoms with Gasteiger partial charge in [-0.25, -0.2) is 0 Å². The van der Waals surface area contributed by atoms with E-state index in [1.165, 1.54) is 5.56 Å². The molecule has 0 heterocycles. The Kier molecular flexibility index (Phi) is 4.82. The van der Waals surface area contributed by atoms with Gasteiger partial charge in [0.2, 0.25) is 0 Å². The van der Waals surface area contributed by atoms with Crippen LogP contribution in [0.3, 0.4) is 0 Å². The minimum Gasteiger partial charge on any atom is -0.306 e. The Morgan fingerprint density at radius 3 is 2.60 bits per heavy atom. The molecule has 1 aromatic rings. The second-order valence-corrected chi connectivity index (χ2v) is 3.97. The van der Waals surface area contributed by atoms with E-state index in [0.29, 0.717) is 11.6 Å². The Balaban J connectivity index is 2.37. The van der Waals surface area contributed by atoms with E-state index in [2.05, 4.69) is 43.3 Å².